The molecule has 1 heterocycles. The van der Waals surface area contributed by atoms with Crippen LogP contribution in [-0.4, -0.2) is 63.2 Å². The molecule has 1 saturated heterocycles. The van der Waals surface area contributed by atoms with Crippen LogP contribution in [0, 0.1) is 5.41 Å². The Morgan fingerprint density at radius 1 is 1.35 bits per heavy atom. The second kappa shape index (κ2) is 5.68. The first-order valence-electron chi connectivity index (χ1n) is 7.19. The Balaban J connectivity index is 1.84. The van der Waals surface area contributed by atoms with E-state index in [1.807, 2.05) is 0 Å². The third kappa shape index (κ3) is 3.21. The van der Waals surface area contributed by atoms with Gasteiger partial charge in [-0.25, -0.2) is 0 Å². The summed E-state index contributed by atoms with van der Waals surface area (Å²) in [7, 11) is 6.68. The molecule has 17 heavy (non-hydrogen) atoms. The second-order valence-corrected chi connectivity index (χ2v) is 6.36. The summed E-state index contributed by atoms with van der Waals surface area (Å²) >= 11 is 0. The summed E-state index contributed by atoms with van der Waals surface area (Å²) < 4.78 is 0. The van der Waals surface area contributed by atoms with Crippen LogP contribution in [0.15, 0.2) is 0 Å². The number of likely N-dealkylation sites (tertiary alicyclic amines) is 1. The van der Waals surface area contributed by atoms with E-state index in [2.05, 4.69) is 36.3 Å². The first kappa shape index (κ1) is 13.3. The fourth-order valence-corrected chi connectivity index (χ4v) is 3.60. The van der Waals surface area contributed by atoms with E-state index in [0.717, 1.165) is 6.04 Å². The monoisotopic (exact) mass is 239 g/mol. The number of nitrogens with zero attached hydrogens (tertiary/aromatic N) is 2. The molecule has 100 valence electrons. The summed E-state index contributed by atoms with van der Waals surface area (Å²) in [6, 6.07) is 0.781. The third-order valence-electron chi connectivity index (χ3n) is 4.77. The maximum Gasteiger partial charge on any atom is 0.0220 e. The zero-order valence-corrected chi connectivity index (χ0v) is 11.8. The molecule has 0 radical (unpaired) electrons. The minimum absolute atomic E-state index is 0.583. The molecule has 0 amide bonds. The van der Waals surface area contributed by atoms with E-state index in [9.17, 15) is 0 Å². The lowest BCUT2D eigenvalue weighted by atomic mass is 9.68. The van der Waals surface area contributed by atoms with Crippen molar-refractivity contribution in [2.24, 2.45) is 5.41 Å². The van der Waals surface area contributed by atoms with Gasteiger partial charge < -0.3 is 15.1 Å². The van der Waals surface area contributed by atoms with Gasteiger partial charge in [0.05, 0.1) is 0 Å². The molecule has 2 fully saturated rings. The highest BCUT2D eigenvalue weighted by molar-refractivity contribution is 4.93. The highest BCUT2D eigenvalue weighted by Crippen LogP contribution is 2.41. The molecule has 1 saturated carbocycles. The van der Waals surface area contributed by atoms with Crippen LogP contribution in [0.25, 0.3) is 0 Å². The fraction of sp³-hybridized carbons (Fsp3) is 1.00. The molecule has 0 aromatic carbocycles. The van der Waals surface area contributed by atoms with Crippen molar-refractivity contribution in [1.82, 2.24) is 15.1 Å². The number of likely N-dealkylation sites (N-methyl/N-ethyl adjacent to an activating group) is 2. The Labute approximate surface area is 107 Å². The maximum absolute atomic E-state index is 3.39. The van der Waals surface area contributed by atoms with E-state index in [0.29, 0.717) is 5.41 Å². The SMILES string of the molecule is CNCC1(CN(C)C2CCCN(C)C2)CCC1. The van der Waals surface area contributed by atoms with E-state index in [1.54, 1.807) is 0 Å². The van der Waals surface area contributed by atoms with Crippen molar-refractivity contribution in [2.45, 2.75) is 38.1 Å². The van der Waals surface area contributed by atoms with Crippen molar-refractivity contribution < 1.29 is 0 Å². The highest BCUT2D eigenvalue weighted by Gasteiger charge is 2.38. The largest absolute Gasteiger partial charge is 0.319 e. The number of nitrogens with one attached hydrogen (secondary N) is 1. The topological polar surface area (TPSA) is 18.5 Å². The molecule has 1 unspecified atom stereocenters. The van der Waals surface area contributed by atoms with Crippen LogP contribution in [0.3, 0.4) is 0 Å². The van der Waals surface area contributed by atoms with Gasteiger partial charge in [0.1, 0.15) is 0 Å². The lowest BCUT2D eigenvalue weighted by Gasteiger charge is -2.47. The number of piperidine rings is 1. The van der Waals surface area contributed by atoms with Crippen LogP contribution in [0.2, 0.25) is 0 Å². The molecule has 2 aliphatic rings. The standard InChI is InChI=1S/C14H29N3/c1-15-11-14(7-5-8-14)12-17(3)13-6-4-9-16(2)10-13/h13,15H,4-12H2,1-3H3. The molecule has 0 aromatic rings. The lowest BCUT2D eigenvalue weighted by Crippen LogP contribution is -2.52. The molecule has 1 N–H and O–H groups in total. The van der Waals surface area contributed by atoms with Gasteiger partial charge in [0.15, 0.2) is 0 Å². The summed E-state index contributed by atoms with van der Waals surface area (Å²) in [5, 5.41) is 3.39. The van der Waals surface area contributed by atoms with Gasteiger partial charge in [-0.1, -0.05) is 6.42 Å². The summed E-state index contributed by atoms with van der Waals surface area (Å²) in [5.41, 5.74) is 0.583. The van der Waals surface area contributed by atoms with E-state index in [1.165, 1.54) is 58.3 Å². The maximum atomic E-state index is 3.39. The smallest absolute Gasteiger partial charge is 0.0220 e. The fourth-order valence-electron chi connectivity index (χ4n) is 3.60. The minimum atomic E-state index is 0.583. The van der Waals surface area contributed by atoms with Crippen LogP contribution >= 0.6 is 0 Å². The molecule has 0 spiro atoms. The van der Waals surface area contributed by atoms with E-state index in [4.69, 9.17) is 0 Å². The summed E-state index contributed by atoms with van der Waals surface area (Å²) in [5.74, 6) is 0. The van der Waals surface area contributed by atoms with Gasteiger partial charge in [-0.3, -0.25) is 0 Å². The van der Waals surface area contributed by atoms with Crippen molar-refractivity contribution in [2.75, 3.05) is 47.3 Å². The van der Waals surface area contributed by atoms with E-state index < -0.39 is 0 Å². The quantitative estimate of drug-likeness (QED) is 0.782. The van der Waals surface area contributed by atoms with Crippen molar-refractivity contribution in [3.05, 3.63) is 0 Å². The Morgan fingerprint density at radius 3 is 2.65 bits per heavy atom. The molecular weight excluding hydrogens is 210 g/mol. The van der Waals surface area contributed by atoms with E-state index >= 15 is 0 Å². The average molecular weight is 239 g/mol. The first-order valence-corrected chi connectivity index (χ1v) is 7.19. The van der Waals surface area contributed by atoms with Crippen LogP contribution < -0.4 is 5.32 Å². The predicted octanol–water partition coefficient (Wildman–Crippen LogP) is 1.40. The van der Waals surface area contributed by atoms with Gasteiger partial charge in [-0.15, -0.1) is 0 Å². The first-order chi connectivity index (χ1) is 8.15. The van der Waals surface area contributed by atoms with Gasteiger partial charge in [0.25, 0.3) is 0 Å². The molecule has 1 aliphatic carbocycles. The predicted molar refractivity (Wildman–Crippen MR) is 73.4 cm³/mol. The highest BCUT2D eigenvalue weighted by atomic mass is 15.2. The Bertz CT molecular complexity index is 238. The van der Waals surface area contributed by atoms with Crippen molar-refractivity contribution in [1.29, 1.82) is 0 Å². The number of rotatable bonds is 5. The van der Waals surface area contributed by atoms with Crippen molar-refractivity contribution in [3.8, 4) is 0 Å². The summed E-state index contributed by atoms with van der Waals surface area (Å²) in [4.78, 5) is 5.11. The average Bonchev–Trinajstić information content (AvgIpc) is 2.26. The minimum Gasteiger partial charge on any atom is -0.319 e. The Kier molecular flexibility index (Phi) is 4.45. The van der Waals surface area contributed by atoms with Gasteiger partial charge >= 0.3 is 0 Å². The molecular formula is C14H29N3. The molecule has 1 atom stereocenters. The van der Waals surface area contributed by atoms with Crippen LogP contribution in [0.1, 0.15) is 32.1 Å². The summed E-state index contributed by atoms with van der Waals surface area (Å²) in [6.45, 7) is 5.02. The molecule has 1 aliphatic heterocycles. The van der Waals surface area contributed by atoms with Crippen LogP contribution in [-0.2, 0) is 0 Å². The van der Waals surface area contributed by atoms with Gasteiger partial charge in [-0.05, 0) is 58.8 Å². The summed E-state index contributed by atoms with van der Waals surface area (Å²) in [6.07, 6.45) is 7.02. The van der Waals surface area contributed by atoms with Crippen LogP contribution in [0.5, 0.6) is 0 Å². The molecule has 0 aromatic heterocycles. The Hall–Kier alpha value is -0.120. The zero-order valence-electron chi connectivity index (χ0n) is 11.8. The van der Waals surface area contributed by atoms with Crippen molar-refractivity contribution >= 4 is 0 Å². The Morgan fingerprint density at radius 2 is 2.12 bits per heavy atom. The normalized spacial score (nSPS) is 29.3. The van der Waals surface area contributed by atoms with E-state index in [-0.39, 0.29) is 0 Å². The van der Waals surface area contributed by atoms with Crippen molar-refractivity contribution in [3.63, 3.8) is 0 Å². The van der Waals surface area contributed by atoms with Gasteiger partial charge in [-0.2, -0.15) is 0 Å². The molecule has 2 rings (SSSR count). The van der Waals surface area contributed by atoms with Gasteiger partial charge in [0.2, 0.25) is 0 Å². The van der Waals surface area contributed by atoms with Crippen LogP contribution in [0.4, 0.5) is 0 Å². The zero-order chi connectivity index (χ0) is 12.3. The molecule has 0 bridgehead atoms. The molecule has 3 heteroatoms. The number of hydrogen-bond acceptors (Lipinski definition) is 3. The number of hydrogen-bond donors (Lipinski definition) is 1. The lowest BCUT2D eigenvalue weighted by molar-refractivity contribution is 0.0402. The molecule has 3 nitrogen and oxygen atoms in total. The second-order valence-electron chi connectivity index (χ2n) is 6.36. The third-order valence-corrected chi connectivity index (χ3v) is 4.77. The van der Waals surface area contributed by atoms with Gasteiger partial charge in [0, 0.05) is 25.7 Å².